The van der Waals surface area contributed by atoms with Gasteiger partial charge in [-0.05, 0) is 27.5 Å². The number of benzene rings is 2. The van der Waals surface area contributed by atoms with Gasteiger partial charge in [0.05, 0.1) is 6.54 Å². The standard InChI is InChI=1S/C24H22F2N6O2S/c1-35(34)11-9-31(10-12-35)24(33)17-13-28-23(29-22(17)27)20-16-6-4-8-19(26)21(16)32(30-20)14-15-5-2-3-7-18(15)25/h2-8,13H,1,9-12,14H2,(H2,27,28,29). The molecule has 2 aromatic heterocycles. The van der Waals surface area contributed by atoms with E-state index in [9.17, 15) is 17.8 Å². The average Bonchev–Trinajstić information content (AvgIpc) is 3.20. The van der Waals surface area contributed by atoms with Crippen molar-refractivity contribution in [2.75, 3.05) is 30.3 Å². The van der Waals surface area contributed by atoms with Crippen molar-refractivity contribution in [2.24, 2.45) is 0 Å². The fourth-order valence-electron chi connectivity index (χ4n) is 4.08. The van der Waals surface area contributed by atoms with Gasteiger partial charge in [0, 0.05) is 41.7 Å². The minimum Gasteiger partial charge on any atom is -0.383 e. The van der Waals surface area contributed by atoms with E-state index < -0.39 is 21.2 Å². The van der Waals surface area contributed by atoms with Crippen LogP contribution >= 0.6 is 0 Å². The highest BCUT2D eigenvalue weighted by Gasteiger charge is 2.26. The monoisotopic (exact) mass is 496 g/mol. The van der Waals surface area contributed by atoms with Crippen LogP contribution in [0.2, 0.25) is 0 Å². The summed E-state index contributed by atoms with van der Waals surface area (Å²) in [5.74, 6) is 3.12. The first kappa shape index (κ1) is 22.9. The van der Waals surface area contributed by atoms with Gasteiger partial charge in [0.2, 0.25) is 0 Å². The number of hydrogen-bond acceptors (Lipinski definition) is 6. The molecule has 8 nitrogen and oxygen atoms in total. The Morgan fingerprint density at radius 2 is 1.80 bits per heavy atom. The van der Waals surface area contributed by atoms with Gasteiger partial charge in [0.15, 0.2) is 5.82 Å². The number of rotatable bonds is 4. The van der Waals surface area contributed by atoms with Crippen LogP contribution in [-0.2, 0) is 16.1 Å². The van der Waals surface area contributed by atoms with Crippen LogP contribution in [0.25, 0.3) is 22.4 Å². The lowest BCUT2D eigenvalue weighted by Gasteiger charge is -2.29. The average molecular weight is 497 g/mol. The molecule has 0 aliphatic carbocycles. The maximum atomic E-state index is 14.8. The number of nitrogens with two attached hydrogens (primary N) is 1. The zero-order valence-corrected chi connectivity index (χ0v) is 19.5. The Morgan fingerprint density at radius 3 is 2.51 bits per heavy atom. The van der Waals surface area contributed by atoms with Crippen LogP contribution < -0.4 is 5.73 Å². The van der Waals surface area contributed by atoms with E-state index in [0.29, 0.717) is 35.5 Å². The Bertz CT molecular complexity index is 1550. The van der Waals surface area contributed by atoms with Crippen molar-refractivity contribution < 1.29 is 17.8 Å². The first-order valence-corrected chi connectivity index (χ1v) is 12.9. The predicted octanol–water partition coefficient (Wildman–Crippen LogP) is 2.57. The summed E-state index contributed by atoms with van der Waals surface area (Å²) in [7, 11) is -2.15. The van der Waals surface area contributed by atoms with E-state index in [1.807, 2.05) is 0 Å². The summed E-state index contributed by atoms with van der Waals surface area (Å²) in [5, 5.41) is 4.90. The second kappa shape index (κ2) is 8.73. The second-order valence-electron chi connectivity index (χ2n) is 8.39. The molecule has 0 spiro atoms. The third-order valence-electron chi connectivity index (χ3n) is 6.01. The molecule has 180 valence electrons. The maximum Gasteiger partial charge on any atom is 0.259 e. The molecule has 1 saturated heterocycles. The lowest BCUT2D eigenvalue weighted by molar-refractivity contribution is 0.0771. The van der Waals surface area contributed by atoms with Crippen molar-refractivity contribution in [3.8, 4) is 11.5 Å². The molecule has 0 radical (unpaired) electrons. The van der Waals surface area contributed by atoms with Crippen molar-refractivity contribution in [1.82, 2.24) is 24.6 Å². The Hall–Kier alpha value is -3.86. The molecule has 35 heavy (non-hydrogen) atoms. The van der Waals surface area contributed by atoms with E-state index in [2.05, 4.69) is 20.9 Å². The molecule has 1 fully saturated rings. The first-order valence-electron chi connectivity index (χ1n) is 10.9. The number of carbonyl (C=O) groups excluding carboxylic acids is 1. The molecule has 2 N–H and O–H groups in total. The third kappa shape index (κ3) is 4.34. The Morgan fingerprint density at radius 1 is 1.09 bits per heavy atom. The molecule has 1 amide bonds. The largest absolute Gasteiger partial charge is 0.383 e. The molecule has 1 aliphatic rings. The number of nitrogens with zero attached hydrogens (tertiary/aromatic N) is 5. The van der Waals surface area contributed by atoms with Crippen molar-refractivity contribution in [3.63, 3.8) is 0 Å². The minimum atomic E-state index is -2.15. The van der Waals surface area contributed by atoms with E-state index in [-0.39, 0.29) is 40.9 Å². The van der Waals surface area contributed by atoms with Gasteiger partial charge in [-0.2, -0.15) is 5.10 Å². The number of aromatic nitrogens is 4. The molecular formula is C24H22F2N6O2S. The number of carbonyl (C=O) groups is 1. The van der Waals surface area contributed by atoms with Gasteiger partial charge in [-0.25, -0.2) is 18.7 Å². The first-order chi connectivity index (χ1) is 16.7. The summed E-state index contributed by atoms with van der Waals surface area (Å²) in [6.07, 6.45) is 1.32. The van der Waals surface area contributed by atoms with Crippen LogP contribution in [0.5, 0.6) is 0 Å². The summed E-state index contributed by atoms with van der Waals surface area (Å²) in [6.45, 7) is 0.625. The highest BCUT2D eigenvalue weighted by molar-refractivity contribution is 8.00. The molecule has 0 saturated carbocycles. The van der Waals surface area contributed by atoms with E-state index in [0.717, 1.165) is 0 Å². The molecule has 0 bridgehead atoms. The van der Waals surface area contributed by atoms with Crippen LogP contribution in [0, 0.1) is 11.6 Å². The Balaban J connectivity index is 1.51. The zero-order chi connectivity index (χ0) is 24.7. The van der Waals surface area contributed by atoms with Crippen LogP contribution in [0.4, 0.5) is 14.6 Å². The van der Waals surface area contributed by atoms with Gasteiger partial charge in [0.1, 0.15) is 34.2 Å². The quantitative estimate of drug-likeness (QED) is 0.435. The number of hydrogen-bond donors (Lipinski definition) is 1. The molecule has 4 aromatic rings. The van der Waals surface area contributed by atoms with Crippen molar-refractivity contribution in [1.29, 1.82) is 0 Å². The zero-order valence-electron chi connectivity index (χ0n) is 18.7. The molecule has 5 rings (SSSR count). The summed E-state index contributed by atoms with van der Waals surface area (Å²) in [6, 6.07) is 10.7. The summed E-state index contributed by atoms with van der Waals surface area (Å²) in [4.78, 5) is 23.1. The lowest BCUT2D eigenvalue weighted by atomic mass is 10.1. The highest BCUT2D eigenvalue weighted by Crippen LogP contribution is 2.29. The number of amides is 1. The van der Waals surface area contributed by atoms with Gasteiger partial charge >= 0.3 is 0 Å². The van der Waals surface area contributed by atoms with E-state index in [4.69, 9.17) is 5.73 Å². The molecular weight excluding hydrogens is 474 g/mol. The fraction of sp³-hybridized carbons (Fsp3) is 0.208. The molecule has 11 heteroatoms. The number of anilines is 1. The van der Waals surface area contributed by atoms with Crippen LogP contribution in [0.3, 0.4) is 0 Å². The van der Waals surface area contributed by atoms with Crippen molar-refractivity contribution >= 4 is 38.0 Å². The fourth-order valence-corrected chi connectivity index (χ4v) is 5.39. The van der Waals surface area contributed by atoms with E-state index >= 15 is 0 Å². The maximum absolute atomic E-state index is 14.8. The highest BCUT2D eigenvalue weighted by atomic mass is 32.2. The number of nitrogen functional groups attached to an aromatic ring is 1. The third-order valence-corrected chi connectivity index (χ3v) is 7.87. The normalized spacial score (nSPS) is 15.4. The topological polar surface area (TPSA) is 107 Å². The summed E-state index contributed by atoms with van der Waals surface area (Å²) in [5.41, 5.74) is 7.02. The number of para-hydroxylation sites is 1. The van der Waals surface area contributed by atoms with Crippen LogP contribution in [0.15, 0.2) is 48.7 Å². The lowest BCUT2D eigenvalue weighted by Crippen LogP contribution is -2.44. The van der Waals surface area contributed by atoms with Gasteiger partial charge in [0.25, 0.3) is 5.91 Å². The van der Waals surface area contributed by atoms with Gasteiger partial charge in [-0.15, -0.1) is 0 Å². The van der Waals surface area contributed by atoms with Crippen molar-refractivity contribution in [2.45, 2.75) is 6.54 Å². The predicted molar refractivity (Wildman–Crippen MR) is 132 cm³/mol. The number of fused-ring (bicyclic) bond motifs is 1. The Kier molecular flexibility index (Phi) is 5.72. The minimum absolute atomic E-state index is 0.000593. The Labute approximate surface area is 200 Å². The van der Waals surface area contributed by atoms with Gasteiger partial charge < -0.3 is 10.6 Å². The molecule has 3 heterocycles. The smallest absolute Gasteiger partial charge is 0.259 e. The van der Waals surface area contributed by atoms with Gasteiger partial charge in [-0.3, -0.25) is 13.7 Å². The molecule has 0 atom stereocenters. The molecule has 1 aliphatic heterocycles. The van der Waals surface area contributed by atoms with Crippen molar-refractivity contribution in [3.05, 3.63) is 71.4 Å². The van der Waals surface area contributed by atoms with E-state index in [1.165, 1.54) is 29.1 Å². The van der Waals surface area contributed by atoms with Gasteiger partial charge in [-0.1, -0.05) is 30.3 Å². The molecule has 2 aromatic carbocycles. The second-order valence-corrected chi connectivity index (χ2v) is 11.1. The molecule has 0 unspecified atom stereocenters. The van der Waals surface area contributed by atoms with Crippen LogP contribution in [-0.4, -0.2) is 65.2 Å². The number of halogens is 2. The van der Waals surface area contributed by atoms with Crippen LogP contribution in [0.1, 0.15) is 15.9 Å². The SMILES string of the molecule is C=S1(=O)CCN(C(=O)c2cnc(-c3nn(Cc4ccccc4F)c4c(F)cccc34)nc2N)CC1. The summed E-state index contributed by atoms with van der Waals surface area (Å²) < 4.78 is 42.5. The van der Waals surface area contributed by atoms with E-state index in [1.54, 1.807) is 29.2 Å². The summed E-state index contributed by atoms with van der Waals surface area (Å²) >= 11 is 0.